The van der Waals surface area contributed by atoms with Gasteiger partial charge in [-0.15, -0.1) is 11.3 Å². The third-order valence-corrected chi connectivity index (χ3v) is 3.85. The van der Waals surface area contributed by atoms with Gasteiger partial charge < -0.3 is 5.32 Å². The number of rotatable bonds is 1. The molecule has 0 fully saturated rings. The van der Waals surface area contributed by atoms with Crippen LogP contribution in [0.1, 0.15) is 16.3 Å². The van der Waals surface area contributed by atoms with Crippen molar-refractivity contribution in [2.75, 3.05) is 6.54 Å². The molecule has 2 aromatic heterocycles. The first-order valence-electron chi connectivity index (χ1n) is 5.04. The van der Waals surface area contributed by atoms with Gasteiger partial charge in [0.15, 0.2) is 0 Å². The van der Waals surface area contributed by atoms with E-state index in [0.29, 0.717) is 0 Å². The Morgan fingerprint density at radius 3 is 3.13 bits per heavy atom. The molecule has 0 spiro atoms. The van der Waals surface area contributed by atoms with Gasteiger partial charge in [-0.2, -0.15) is 5.10 Å². The molecule has 15 heavy (non-hydrogen) atoms. The Bertz CT molecular complexity index is 462. The lowest BCUT2D eigenvalue weighted by Gasteiger charge is -2.09. The first-order chi connectivity index (χ1) is 7.34. The van der Waals surface area contributed by atoms with Crippen LogP contribution in [0.15, 0.2) is 6.20 Å². The van der Waals surface area contributed by atoms with E-state index in [2.05, 4.69) is 20.5 Å². The average molecular weight is 220 g/mol. The lowest BCUT2D eigenvalue weighted by atomic mass is 10.2. The van der Waals surface area contributed by atoms with Crippen molar-refractivity contribution in [3.05, 3.63) is 22.5 Å². The number of aromatic amines is 1. The maximum atomic E-state index is 4.65. The highest BCUT2D eigenvalue weighted by atomic mass is 32.1. The Morgan fingerprint density at radius 2 is 2.40 bits per heavy atom. The van der Waals surface area contributed by atoms with Crippen LogP contribution in [0.25, 0.3) is 10.6 Å². The van der Waals surface area contributed by atoms with Crippen molar-refractivity contribution in [3.63, 3.8) is 0 Å². The second kappa shape index (κ2) is 3.43. The molecule has 0 aromatic carbocycles. The summed E-state index contributed by atoms with van der Waals surface area (Å²) >= 11 is 1.80. The van der Waals surface area contributed by atoms with Crippen LogP contribution >= 0.6 is 11.3 Å². The minimum atomic E-state index is 0.905. The van der Waals surface area contributed by atoms with Crippen LogP contribution in [-0.4, -0.2) is 21.7 Å². The fourth-order valence-corrected chi connectivity index (χ4v) is 2.95. The number of nitrogens with one attached hydrogen (secondary N) is 2. The molecule has 78 valence electrons. The second-order valence-electron chi connectivity index (χ2n) is 3.72. The minimum Gasteiger partial charge on any atom is -0.311 e. The number of aryl methyl sites for hydroxylation is 1. The van der Waals surface area contributed by atoms with E-state index in [1.807, 2.05) is 13.1 Å². The number of thiazole rings is 1. The molecular weight excluding hydrogens is 208 g/mol. The number of aromatic nitrogens is 3. The predicted octanol–water partition coefficient (Wildman–Crippen LogP) is 1.49. The van der Waals surface area contributed by atoms with Crippen LogP contribution in [0, 0.1) is 6.92 Å². The molecule has 2 N–H and O–H groups in total. The minimum absolute atomic E-state index is 0.905. The lowest BCUT2D eigenvalue weighted by molar-refractivity contribution is 0.639. The van der Waals surface area contributed by atoms with Crippen LogP contribution < -0.4 is 5.32 Å². The van der Waals surface area contributed by atoms with Crippen molar-refractivity contribution in [3.8, 4) is 10.6 Å². The molecule has 3 rings (SSSR count). The molecule has 0 saturated carbocycles. The molecule has 0 amide bonds. The van der Waals surface area contributed by atoms with Gasteiger partial charge in [-0.3, -0.25) is 5.10 Å². The lowest BCUT2D eigenvalue weighted by Crippen LogP contribution is -2.22. The molecule has 0 aliphatic carbocycles. The normalized spacial score (nSPS) is 15.3. The highest BCUT2D eigenvalue weighted by Gasteiger charge is 2.16. The van der Waals surface area contributed by atoms with E-state index in [4.69, 9.17) is 0 Å². The smallest absolute Gasteiger partial charge is 0.127 e. The number of hydrogen-bond donors (Lipinski definition) is 2. The van der Waals surface area contributed by atoms with E-state index in [1.165, 1.54) is 10.6 Å². The highest BCUT2D eigenvalue weighted by molar-refractivity contribution is 7.15. The summed E-state index contributed by atoms with van der Waals surface area (Å²) < 4.78 is 0. The molecule has 0 unspecified atom stereocenters. The zero-order chi connectivity index (χ0) is 10.3. The van der Waals surface area contributed by atoms with E-state index >= 15 is 0 Å². The van der Waals surface area contributed by atoms with Crippen LogP contribution in [0.2, 0.25) is 0 Å². The molecular formula is C10H12N4S. The molecule has 4 nitrogen and oxygen atoms in total. The number of fused-ring (bicyclic) bond motifs is 1. The summed E-state index contributed by atoms with van der Waals surface area (Å²) in [6, 6.07) is 0. The fourth-order valence-electron chi connectivity index (χ4n) is 1.81. The highest BCUT2D eigenvalue weighted by Crippen LogP contribution is 2.30. The molecule has 2 aromatic rings. The summed E-state index contributed by atoms with van der Waals surface area (Å²) in [6.45, 7) is 4.00. The fraction of sp³-hybridized carbons (Fsp3) is 0.400. The maximum absolute atomic E-state index is 4.65. The second-order valence-corrected chi connectivity index (χ2v) is 4.81. The van der Waals surface area contributed by atoms with Crippen molar-refractivity contribution >= 4 is 11.3 Å². The molecule has 0 atom stereocenters. The van der Waals surface area contributed by atoms with Crippen LogP contribution in [0.5, 0.6) is 0 Å². The first kappa shape index (κ1) is 9.06. The standard InChI is InChI=1S/C10H12N4S/c1-6-7(4-12-14-6)10-13-8-5-11-3-2-9(8)15-10/h4,11H,2-3,5H2,1H3,(H,12,14). The van der Waals surface area contributed by atoms with E-state index in [1.54, 1.807) is 11.3 Å². The quantitative estimate of drug-likeness (QED) is 0.765. The van der Waals surface area contributed by atoms with Gasteiger partial charge in [0.25, 0.3) is 0 Å². The van der Waals surface area contributed by atoms with Gasteiger partial charge in [-0.25, -0.2) is 4.98 Å². The van der Waals surface area contributed by atoms with Crippen LogP contribution in [0.4, 0.5) is 0 Å². The zero-order valence-corrected chi connectivity index (χ0v) is 9.32. The van der Waals surface area contributed by atoms with Crippen molar-refractivity contribution < 1.29 is 0 Å². The van der Waals surface area contributed by atoms with Gasteiger partial charge in [-0.1, -0.05) is 0 Å². The zero-order valence-electron chi connectivity index (χ0n) is 8.50. The summed E-state index contributed by atoms with van der Waals surface area (Å²) in [5, 5.41) is 11.4. The van der Waals surface area contributed by atoms with Gasteiger partial charge in [0.2, 0.25) is 0 Å². The SMILES string of the molecule is Cc1[nH]ncc1-c1nc2c(s1)CCNC2. The van der Waals surface area contributed by atoms with E-state index in [9.17, 15) is 0 Å². The largest absolute Gasteiger partial charge is 0.311 e. The van der Waals surface area contributed by atoms with Crippen molar-refractivity contribution in [2.45, 2.75) is 19.9 Å². The summed E-state index contributed by atoms with van der Waals surface area (Å²) in [6.07, 6.45) is 2.96. The monoisotopic (exact) mass is 220 g/mol. The Balaban J connectivity index is 2.06. The Morgan fingerprint density at radius 1 is 1.47 bits per heavy atom. The Hall–Kier alpha value is -1.20. The van der Waals surface area contributed by atoms with E-state index in [0.717, 1.165) is 35.8 Å². The summed E-state index contributed by atoms with van der Waals surface area (Å²) in [5.74, 6) is 0. The molecule has 1 aliphatic rings. The molecule has 0 saturated heterocycles. The number of hydrogen-bond acceptors (Lipinski definition) is 4. The van der Waals surface area contributed by atoms with Crippen LogP contribution in [-0.2, 0) is 13.0 Å². The Labute approximate surface area is 91.7 Å². The number of nitrogens with zero attached hydrogens (tertiary/aromatic N) is 2. The van der Waals surface area contributed by atoms with Crippen LogP contribution in [0.3, 0.4) is 0 Å². The van der Waals surface area contributed by atoms with Crippen molar-refractivity contribution in [2.24, 2.45) is 0 Å². The molecule has 1 aliphatic heterocycles. The predicted molar refractivity (Wildman–Crippen MR) is 59.8 cm³/mol. The average Bonchev–Trinajstić information content (AvgIpc) is 2.82. The van der Waals surface area contributed by atoms with Crippen molar-refractivity contribution in [1.82, 2.24) is 20.5 Å². The van der Waals surface area contributed by atoms with Crippen molar-refractivity contribution in [1.29, 1.82) is 0 Å². The molecule has 0 bridgehead atoms. The number of H-pyrrole nitrogens is 1. The van der Waals surface area contributed by atoms with Gasteiger partial charge in [-0.05, 0) is 13.3 Å². The molecule has 3 heterocycles. The summed E-state index contributed by atoms with van der Waals surface area (Å²) in [5.41, 5.74) is 3.44. The van der Waals surface area contributed by atoms with E-state index < -0.39 is 0 Å². The van der Waals surface area contributed by atoms with E-state index in [-0.39, 0.29) is 0 Å². The third kappa shape index (κ3) is 1.48. The summed E-state index contributed by atoms with van der Waals surface area (Å²) in [7, 11) is 0. The van der Waals surface area contributed by atoms with Gasteiger partial charge in [0, 0.05) is 23.7 Å². The summed E-state index contributed by atoms with van der Waals surface area (Å²) in [4.78, 5) is 6.07. The first-order valence-corrected chi connectivity index (χ1v) is 5.86. The maximum Gasteiger partial charge on any atom is 0.127 e. The molecule has 5 heteroatoms. The third-order valence-electron chi connectivity index (χ3n) is 2.66. The Kier molecular flexibility index (Phi) is 2.07. The van der Waals surface area contributed by atoms with Gasteiger partial charge in [0.05, 0.1) is 17.5 Å². The molecule has 0 radical (unpaired) electrons. The van der Waals surface area contributed by atoms with Gasteiger partial charge >= 0.3 is 0 Å². The van der Waals surface area contributed by atoms with Gasteiger partial charge in [0.1, 0.15) is 5.01 Å². The topological polar surface area (TPSA) is 53.6 Å².